The lowest BCUT2D eigenvalue weighted by atomic mass is 10.1. The van der Waals surface area contributed by atoms with E-state index in [1.807, 2.05) is 0 Å². The Hall–Kier alpha value is -3.21. The molecule has 24 heavy (non-hydrogen) atoms. The molecule has 0 radical (unpaired) electrons. The van der Waals surface area contributed by atoms with Gasteiger partial charge in [-0.15, -0.1) is 0 Å². The van der Waals surface area contributed by atoms with Gasteiger partial charge in [0, 0.05) is 24.1 Å². The molecular formula is C19H15FN2O2. The molecule has 0 saturated carbocycles. The third-order valence-corrected chi connectivity index (χ3v) is 3.26. The van der Waals surface area contributed by atoms with Gasteiger partial charge < -0.3 is 10.1 Å². The van der Waals surface area contributed by atoms with Crippen LogP contribution >= 0.6 is 0 Å². The van der Waals surface area contributed by atoms with Gasteiger partial charge in [-0.2, -0.15) is 0 Å². The molecule has 0 saturated heterocycles. The zero-order valence-electron chi connectivity index (χ0n) is 12.8. The molecule has 3 rings (SSSR count). The maximum absolute atomic E-state index is 13.2. The van der Waals surface area contributed by atoms with Crippen molar-refractivity contribution < 1.29 is 13.9 Å². The summed E-state index contributed by atoms with van der Waals surface area (Å²) in [6.07, 6.45) is 3.38. The highest BCUT2D eigenvalue weighted by molar-refractivity contribution is 5.92. The second-order valence-electron chi connectivity index (χ2n) is 5.17. The largest absolute Gasteiger partial charge is 0.457 e. The molecule has 1 heterocycles. The monoisotopic (exact) mass is 322 g/mol. The highest BCUT2D eigenvalue weighted by Crippen LogP contribution is 2.23. The van der Waals surface area contributed by atoms with Crippen molar-refractivity contribution in [2.24, 2.45) is 0 Å². The molecule has 0 aliphatic carbocycles. The van der Waals surface area contributed by atoms with Gasteiger partial charge in [0.25, 0.3) is 0 Å². The third kappa shape index (κ3) is 4.39. The first-order valence-electron chi connectivity index (χ1n) is 7.41. The first-order chi connectivity index (χ1) is 11.7. The van der Waals surface area contributed by atoms with E-state index < -0.39 is 0 Å². The van der Waals surface area contributed by atoms with Crippen LogP contribution in [0, 0.1) is 5.82 Å². The summed E-state index contributed by atoms with van der Waals surface area (Å²) in [7, 11) is 0. The van der Waals surface area contributed by atoms with Gasteiger partial charge in [0.1, 0.15) is 17.3 Å². The molecule has 3 aromatic rings. The third-order valence-electron chi connectivity index (χ3n) is 3.26. The number of carbonyl (C=O) groups is 1. The number of nitrogens with one attached hydrogen (secondary N) is 1. The van der Waals surface area contributed by atoms with E-state index >= 15 is 0 Å². The van der Waals surface area contributed by atoms with E-state index in [1.54, 1.807) is 60.9 Å². The maximum Gasteiger partial charge on any atom is 0.228 e. The van der Waals surface area contributed by atoms with Crippen molar-refractivity contribution in [1.29, 1.82) is 0 Å². The summed E-state index contributed by atoms with van der Waals surface area (Å²) in [5.41, 5.74) is 1.24. The summed E-state index contributed by atoms with van der Waals surface area (Å²) in [6.45, 7) is 0. The fraction of sp³-hybridized carbons (Fsp3) is 0.0526. The molecule has 120 valence electrons. The van der Waals surface area contributed by atoms with Gasteiger partial charge in [-0.25, -0.2) is 4.39 Å². The molecule has 2 aromatic carbocycles. The SMILES string of the molecule is O=C(Cc1cccc(F)c1)Nc1cccc(Oc2ccncc2)c1. The number of hydrogen-bond donors (Lipinski definition) is 1. The Morgan fingerprint density at radius 2 is 1.79 bits per heavy atom. The average molecular weight is 322 g/mol. The zero-order chi connectivity index (χ0) is 16.8. The van der Waals surface area contributed by atoms with E-state index in [1.165, 1.54) is 12.1 Å². The number of pyridine rings is 1. The Labute approximate surface area is 138 Å². The molecule has 1 amide bonds. The molecular weight excluding hydrogens is 307 g/mol. The predicted octanol–water partition coefficient (Wildman–Crippen LogP) is 4.19. The van der Waals surface area contributed by atoms with Gasteiger partial charge >= 0.3 is 0 Å². The summed E-state index contributed by atoms with van der Waals surface area (Å²) < 4.78 is 18.8. The molecule has 0 bridgehead atoms. The van der Waals surface area contributed by atoms with E-state index in [9.17, 15) is 9.18 Å². The first-order valence-corrected chi connectivity index (χ1v) is 7.41. The lowest BCUT2D eigenvalue weighted by Crippen LogP contribution is -2.14. The maximum atomic E-state index is 13.2. The lowest BCUT2D eigenvalue weighted by Gasteiger charge is -2.09. The molecule has 4 nitrogen and oxygen atoms in total. The van der Waals surface area contributed by atoms with E-state index in [2.05, 4.69) is 10.3 Å². The minimum atomic E-state index is -0.354. The Morgan fingerprint density at radius 3 is 2.58 bits per heavy atom. The Balaban J connectivity index is 1.65. The normalized spacial score (nSPS) is 10.2. The van der Waals surface area contributed by atoms with Crippen LogP contribution in [0.15, 0.2) is 73.1 Å². The van der Waals surface area contributed by atoms with Gasteiger partial charge in [0.05, 0.1) is 6.42 Å². The number of halogens is 1. The summed E-state index contributed by atoms with van der Waals surface area (Å²) in [4.78, 5) is 16.0. The Bertz CT molecular complexity index is 838. The van der Waals surface area contributed by atoms with E-state index in [-0.39, 0.29) is 18.1 Å². The minimum absolute atomic E-state index is 0.104. The second kappa shape index (κ2) is 7.37. The van der Waals surface area contributed by atoms with Crippen molar-refractivity contribution in [3.05, 3.63) is 84.4 Å². The smallest absolute Gasteiger partial charge is 0.228 e. The van der Waals surface area contributed by atoms with Gasteiger partial charge in [-0.3, -0.25) is 9.78 Å². The fourth-order valence-corrected chi connectivity index (χ4v) is 2.22. The molecule has 0 aliphatic rings. The van der Waals surface area contributed by atoms with Crippen molar-refractivity contribution in [1.82, 2.24) is 4.98 Å². The Kier molecular flexibility index (Phi) is 4.81. The molecule has 0 aliphatic heterocycles. The highest BCUT2D eigenvalue weighted by atomic mass is 19.1. The van der Waals surface area contributed by atoms with Crippen LogP contribution in [-0.2, 0) is 11.2 Å². The summed E-state index contributed by atoms with van der Waals surface area (Å²) >= 11 is 0. The van der Waals surface area contributed by atoms with Gasteiger partial charge in [0.15, 0.2) is 0 Å². The van der Waals surface area contributed by atoms with Crippen LogP contribution in [0.4, 0.5) is 10.1 Å². The number of benzene rings is 2. The summed E-state index contributed by atoms with van der Waals surface area (Å²) in [5, 5.41) is 2.78. The number of nitrogens with zero attached hydrogens (tertiary/aromatic N) is 1. The van der Waals surface area contributed by atoms with Crippen LogP contribution in [0.3, 0.4) is 0 Å². The van der Waals surface area contributed by atoms with Crippen molar-refractivity contribution in [3.8, 4) is 11.5 Å². The molecule has 0 atom stereocenters. The lowest BCUT2D eigenvalue weighted by molar-refractivity contribution is -0.115. The van der Waals surface area contributed by atoms with Crippen molar-refractivity contribution in [3.63, 3.8) is 0 Å². The van der Waals surface area contributed by atoms with Crippen LogP contribution in [0.2, 0.25) is 0 Å². The number of carbonyl (C=O) groups excluding carboxylic acids is 1. The number of aromatic nitrogens is 1. The van der Waals surface area contributed by atoms with Crippen molar-refractivity contribution in [2.75, 3.05) is 5.32 Å². The standard InChI is InChI=1S/C19H15FN2O2/c20-15-4-1-3-14(11-15)12-19(23)22-16-5-2-6-18(13-16)24-17-7-9-21-10-8-17/h1-11,13H,12H2,(H,22,23). The van der Waals surface area contributed by atoms with E-state index in [0.717, 1.165) is 0 Å². The quantitative estimate of drug-likeness (QED) is 0.766. The topological polar surface area (TPSA) is 51.2 Å². The second-order valence-corrected chi connectivity index (χ2v) is 5.17. The van der Waals surface area contributed by atoms with Crippen LogP contribution < -0.4 is 10.1 Å². The van der Waals surface area contributed by atoms with Crippen molar-refractivity contribution >= 4 is 11.6 Å². The molecule has 0 spiro atoms. The van der Waals surface area contributed by atoms with E-state index in [4.69, 9.17) is 4.74 Å². The predicted molar refractivity (Wildman–Crippen MR) is 89.5 cm³/mol. The number of anilines is 1. The van der Waals surface area contributed by atoms with Crippen LogP contribution in [-0.4, -0.2) is 10.9 Å². The van der Waals surface area contributed by atoms with Gasteiger partial charge in [0.2, 0.25) is 5.91 Å². The van der Waals surface area contributed by atoms with Gasteiger partial charge in [-0.05, 0) is 42.0 Å². The van der Waals surface area contributed by atoms with Gasteiger partial charge in [-0.1, -0.05) is 18.2 Å². The number of rotatable bonds is 5. The molecule has 0 fully saturated rings. The average Bonchev–Trinajstić information content (AvgIpc) is 2.56. The molecule has 0 unspecified atom stereocenters. The molecule has 1 N–H and O–H groups in total. The minimum Gasteiger partial charge on any atom is -0.457 e. The number of amides is 1. The highest BCUT2D eigenvalue weighted by Gasteiger charge is 2.06. The van der Waals surface area contributed by atoms with Crippen LogP contribution in [0.25, 0.3) is 0 Å². The molecule has 5 heteroatoms. The summed E-state index contributed by atoms with van der Waals surface area (Å²) in [6, 6.07) is 16.6. The number of hydrogen-bond acceptors (Lipinski definition) is 3. The zero-order valence-corrected chi connectivity index (χ0v) is 12.8. The van der Waals surface area contributed by atoms with Crippen LogP contribution in [0.1, 0.15) is 5.56 Å². The van der Waals surface area contributed by atoms with Crippen molar-refractivity contribution in [2.45, 2.75) is 6.42 Å². The molecule has 1 aromatic heterocycles. The summed E-state index contributed by atoms with van der Waals surface area (Å²) in [5.74, 6) is 0.688. The van der Waals surface area contributed by atoms with E-state index in [0.29, 0.717) is 22.7 Å². The Morgan fingerprint density at radius 1 is 1.00 bits per heavy atom. The number of ether oxygens (including phenoxy) is 1. The van der Waals surface area contributed by atoms with Crippen LogP contribution in [0.5, 0.6) is 11.5 Å². The first kappa shape index (κ1) is 15.7. The fourth-order valence-electron chi connectivity index (χ4n) is 2.22.